The summed E-state index contributed by atoms with van der Waals surface area (Å²) in [5.74, 6) is -4.22. The first-order valence-corrected chi connectivity index (χ1v) is 7.53. The van der Waals surface area contributed by atoms with Crippen molar-refractivity contribution in [3.63, 3.8) is 0 Å². The van der Waals surface area contributed by atoms with E-state index in [1.165, 1.54) is 11.8 Å². The number of ether oxygens (including phenoxy) is 1. The zero-order valence-corrected chi connectivity index (χ0v) is 12.2. The monoisotopic (exact) mass is 313 g/mol. The van der Waals surface area contributed by atoms with Crippen LogP contribution in [0.3, 0.4) is 0 Å². The molecule has 1 saturated heterocycles. The Morgan fingerprint density at radius 3 is 2.67 bits per heavy atom. The number of hydrogen-bond acceptors (Lipinski definition) is 5. The molecule has 3 rings (SSSR count). The van der Waals surface area contributed by atoms with Gasteiger partial charge in [0.15, 0.2) is 17.4 Å². The number of nitrogens with zero attached hydrogens (tertiary/aromatic N) is 1. The summed E-state index contributed by atoms with van der Waals surface area (Å²) in [7, 11) is 0. The third-order valence-electron chi connectivity index (χ3n) is 3.69. The topological polar surface area (TPSA) is 46.6 Å². The molecule has 2 heterocycles. The van der Waals surface area contributed by atoms with Crippen molar-refractivity contribution >= 4 is 29.2 Å². The van der Waals surface area contributed by atoms with Crippen LogP contribution in [0.1, 0.15) is 24.2 Å². The highest BCUT2D eigenvalue weighted by Crippen LogP contribution is 2.50. The second-order valence-electron chi connectivity index (χ2n) is 4.91. The normalized spacial score (nSPS) is 26.8. The van der Waals surface area contributed by atoms with Crippen molar-refractivity contribution in [3.05, 3.63) is 29.3 Å². The SMILES string of the molecule is CCOC(=O)[C@@H]1C(=O)c2cc(F)c(F)cc2N2[C@@H]1S[C@@H]2C. The predicted molar refractivity (Wildman–Crippen MR) is 74.1 cm³/mol. The summed E-state index contributed by atoms with van der Waals surface area (Å²) in [5, 5.41) is -0.424. The molecule has 0 bridgehead atoms. The van der Waals surface area contributed by atoms with Crippen molar-refractivity contribution < 1.29 is 23.1 Å². The quantitative estimate of drug-likeness (QED) is 0.620. The smallest absolute Gasteiger partial charge is 0.319 e. The van der Waals surface area contributed by atoms with Crippen molar-refractivity contribution in [3.8, 4) is 0 Å². The minimum Gasteiger partial charge on any atom is -0.465 e. The van der Waals surface area contributed by atoms with Gasteiger partial charge in [0.05, 0.1) is 23.0 Å². The summed E-state index contributed by atoms with van der Waals surface area (Å²) in [5.41, 5.74) is 0.381. The highest BCUT2D eigenvalue weighted by atomic mass is 32.2. The highest BCUT2D eigenvalue weighted by Gasteiger charge is 2.53. The van der Waals surface area contributed by atoms with Crippen LogP contribution in [0.5, 0.6) is 0 Å². The average molecular weight is 313 g/mol. The first-order chi connectivity index (χ1) is 9.95. The van der Waals surface area contributed by atoms with Crippen LogP contribution in [0.25, 0.3) is 0 Å². The van der Waals surface area contributed by atoms with Gasteiger partial charge in [0.1, 0.15) is 5.92 Å². The molecule has 0 radical (unpaired) electrons. The molecule has 4 nitrogen and oxygen atoms in total. The van der Waals surface area contributed by atoms with Gasteiger partial charge in [-0.3, -0.25) is 9.59 Å². The summed E-state index contributed by atoms with van der Waals surface area (Å²) >= 11 is 1.44. The Kier molecular flexibility index (Phi) is 3.39. The van der Waals surface area contributed by atoms with Crippen LogP contribution in [0.2, 0.25) is 0 Å². The number of Topliss-reactive ketones (excluding diaryl/α,β-unsaturated/α-hetero) is 1. The van der Waals surface area contributed by atoms with Gasteiger partial charge in [0.25, 0.3) is 0 Å². The number of anilines is 1. The third kappa shape index (κ3) is 2.02. The van der Waals surface area contributed by atoms with Gasteiger partial charge >= 0.3 is 5.97 Å². The van der Waals surface area contributed by atoms with Crippen molar-refractivity contribution in [1.29, 1.82) is 0 Å². The molecule has 0 saturated carbocycles. The second-order valence-corrected chi connectivity index (χ2v) is 6.35. The molecule has 1 fully saturated rings. The lowest BCUT2D eigenvalue weighted by molar-refractivity contribution is -0.146. The van der Waals surface area contributed by atoms with Gasteiger partial charge in [-0.25, -0.2) is 8.78 Å². The lowest BCUT2D eigenvalue weighted by atomic mass is 9.90. The molecule has 0 amide bonds. The number of carbonyl (C=O) groups is 2. The molecule has 1 aromatic carbocycles. The Bertz CT molecular complexity index is 637. The number of carbonyl (C=O) groups excluding carboxylic acids is 2. The highest BCUT2D eigenvalue weighted by molar-refractivity contribution is 8.02. The van der Waals surface area contributed by atoms with Crippen LogP contribution in [0, 0.1) is 17.6 Å². The average Bonchev–Trinajstić information content (AvgIpc) is 2.41. The van der Waals surface area contributed by atoms with Gasteiger partial charge in [-0.15, -0.1) is 11.8 Å². The zero-order chi connectivity index (χ0) is 15.3. The van der Waals surface area contributed by atoms with Crippen LogP contribution < -0.4 is 4.90 Å². The lowest BCUT2D eigenvalue weighted by Gasteiger charge is -2.53. The van der Waals surface area contributed by atoms with E-state index in [1.54, 1.807) is 11.8 Å². The van der Waals surface area contributed by atoms with Crippen LogP contribution in [-0.2, 0) is 9.53 Å². The zero-order valence-electron chi connectivity index (χ0n) is 11.4. The fourth-order valence-corrected chi connectivity index (χ4v) is 4.15. The molecule has 112 valence electrons. The van der Waals surface area contributed by atoms with Gasteiger partial charge < -0.3 is 9.64 Å². The number of thioether (sulfide) groups is 1. The molecule has 0 aliphatic carbocycles. The first kappa shape index (κ1) is 14.3. The Hall–Kier alpha value is -1.63. The standard InChI is InChI=1S/C14H13F2NO3S/c1-3-20-14(19)11-12(18)7-4-8(15)9(16)5-10(7)17-6(2)21-13(11)17/h4-6,11,13H,3H2,1-2H3/t6-,11-,13-/m1/s1. The molecule has 3 atom stereocenters. The number of esters is 1. The molecule has 2 aliphatic rings. The summed E-state index contributed by atoms with van der Waals surface area (Å²) in [6, 6.07) is 1.89. The molecule has 7 heteroatoms. The van der Waals surface area contributed by atoms with Crippen molar-refractivity contribution in [2.24, 2.45) is 5.92 Å². The Morgan fingerprint density at radius 2 is 2.05 bits per heavy atom. The van der Waals surface area contributed by atoms with Crippen molar-refractivity contribution in [2.45, 2.75) is 24.6 Å². The molecule has 1 aromatic rings. The van der Waals surface area contributed by atoms with Crippen molar-refractivity contribution in [1.82, 2.24) is 0 Å². The van der Waals surface area contributed by atoms with E-state index in [1.807, 2.05) is 6.92 Å². The number of ketones is 1. The summed E-state index contributed by atoms with van der Waals surface area (Å²) in [6.45, 7) is 3.70. The fourth-order valence-electron chi connectivity index (χ4n) is 2.75. The largest absolute Gasteiger partial charge is 0.465 e. The van der Waals surface area contributed by atoms with Crippen LogP contribution >= 0.6 is 11.8 Å². The van der Waals surface area contributed by atoms with Crippen LogP contribution in [0.4, 0.5) is 14.5 Å². The van der Waals surface area contributed by atoms with E-state index in [0.29, 0.717) is 5.69 Å². The Labute approximate surface area is 124 Å². The number of halogens is 2. The maximum absolute atomic E-state index is 13.5. The molecule has 2 aliphatic heterocycles. The number of benzene rings is 1. The van der Waals surface area contributed by atoms with Gasteiger partial charge in [0.2, 0.25) is 0 Å². The Morgan fingerprint density at radius 1 is 1.38 bits per heavy atom. The Balaban J connectivity index is 2.08. The first-order valence-electron chi connectivity index (χ1n) is 6.59. The molecule has 0 spiro atoms. The molecule has 0 N–H and O–H groups in total. The predicted octanol–water partition coefficient (Wildman–Crippen LogP) is 2.57. The summed E-state index contributed by atoms with van der Waals surface area (Å²) in [4.78, 5) is 26.2. The molecular weight excluding hydrogens is 300 g/mol. The third-order valence-corrected chi connectivity index (χ3v) is 5.09. The van der Waals surface area contributed by atoms with E-state index in [-0.39, 0.29) is 17.5 Å². The van der Waals surface area contributed by atoms with E-state index in [4.69, 9.17) is 4.74 Å². The van der Waals surface area contributed by atoms with E-state index in [9.17, 15) is 18.4 Å². The van der Waals surface area contributed by atoms with E-state index in [2.05, 4.69) is 0 Å². The van der Waals surface area contributed by atoms with Crippen LogP contribution in [-0.4, -0.2) is 29.1 Å². The second kappa shape index (κ2) is 4.98. The van der Waals surface area contributed by atoms with E-state index >= 15 is 0 Å². The van der Waals surface area contributed by atoms with Crippen molar-refractivity contribution in [2.75, 3.05) is 11.5 Å². The van der Waals surface area contributed by atoms with E-state index < -0.39 is 34.7 Å². The van der Waals surface area contributed by atoms with Gasteiger partial charge in [-0.2, -0.15) is 0 Å². The summed E-state index contributed by atoms with van der Waals surface area (Å²) in [6.07, 6.45) is 0. The van der Waals surface area contributed by atoms with Crippen LogP contribution in [0.15, 0.2) is 12.1 Å². The van der Waals surface area contributed by atoms with Gasteiger partial charge in [-0.05, 0) is 19.9 Å². The minimum absolute atomic E-state index is 0.0105. The number of rotatable bonds is 2. The maximum atomic E-state index is 13.5. The van der Waals surface area contributed by atoms with Gasteiger partial charge in [0, 0.05) is 11.6 Å². The van der Waals surface area contributed by atoms with Gasteiger partial charge in [-0.1, -0.05) is 0 Å². The maximum Gasteiger partial charge on any atom is 0.319 e. The number of hydrogen-bond donors (Lipinski definition) is 0. The minimum atomic E-state index is -1.09. The molecular formula is C14H13F2NO3S. The molecule has 0 aromatic heterocycles. The molecule has 0 unspecified atom stereocenters. The molecule has 21 heavy (non-hydrogen) atoms. The number of fused-ring (bicyclic) bond motifs is 3. The summed E-state index contributed by atoms with van der Waals surface area (Å²) < 4.78 is 31.8. The fraction of sp³-hybridized carbons (Fsp3) is 0.429. The van der Waals surface area contributed by atoms with E-state index in [0.717, 1.165) is 12.1 Å². The lowest BCUT2D eigenvalue weighted by Crippen LogP contribution is -2.60.